The van der Waals surface area contributed by atoms with Crippen molar-refractivity contribution in [3.05, 3.63) is 33.9 Å². The number of nitro benzene ring substituents is 1. The molecule has 1 unspecified atom stereocenters. The zero-order chi connectivity index (χ0) is 16.1. The van der Waals surface area contributed by atoms with E-state index in [1.807, 2.05) is 7.05 Å². The highest BCUT2D eigenvalue weighted by molar-refractivity contribution is 5.85. The first-order valence-electron chi connectivity index (χ1n) is 7.36. The maximum atomic E-state index is 11.6. The Kier molecular flexibility index (Phi) is 7.25. The van der Waals surface area contributed by atoms with Crippen LogP contribution in [-0.2, 0) is 4.74 Å². The third kappa shape index (κ3) is 4.80. The number of piperidine rings is 1. The van der Waals surface area contributed by atoms with Gasteiger partial charge in [-0.1, -0.05) is 6.42 Å². The Bertz CT molecular complexity index is 567. The van der Waals surface area contributed by atoms with Crippen LogP contribution < -0.4 is 4.74 Å². The van der Waals surface area contributed by atoms with Crippen molar-refractivity contribution in [2.24, 2.45) is 0 Å². The van der Waals surface area contributed by atoms with Gasteiger partial charge in [0.05, 0.1) is 11.5 Å². The predicted molar refractivity (Wildman–Crippen MR) is 87.2 cm³/mol. The van der Waals surface area contributed by atoms with Gasteiger partial charge in [-0.25, -0.2) is 4.79 Å². The van der Waals surface area contributed by atoms with Gasteiger partial charge in [0.1, 0.15) is 5.75 Å². The minimum atomic E-state index is -0.795. The Morgan fingerprint density at radius 1 is 1.43 bits per heavy atom. The molecule has 23 heavy (non-hydrogen) atoms. The van der Waals surface area contributed by atoms with Gasteiger partial charge in [-0.2, -0.15) is 0 Å². The summed E-state index contributed by atoms with van der Waals surface area (Å²) in [5.41, 5.74) is 0.648. The first-order valence-corrected chi connectivity index (χ1v) is 7.36. The fourth-order valence-corrected chi connectivity index (χ4v) is 2.71. The number of benzene rings is 1. The molecular formula is C15H21ClN2O5. The van der Waals surface area contributed by atoms with Gasteiger partial charge < -0.3 is 9.47 Å². The molecule has 1 fully saturated rings. The summed E-state index contributed by atoms with van der Waals surface area (Å²) in [6.45, 7) is 2.81. The number of hydrogen-bond donors (Lipinski definition) is 0. The Morgan fingerprint density at radius 2 is 2.17 bits per heavy atom. The van der Waals surface area contributed by atoms with Crippen LogP contribution in [0.1, 0.15) is 37.8 Å². The van der Waals surface area contributed by atoms with Crippen LogP contribution in [0.5, 0.6) is 5.75 Å². The Labute approximate surface area is 141 Å². The van der Waals surface area contributed by atoms with Gasteiger partial charge in [0.15, 0.2) is 0 Å². The summed E-state index contributed by atoms with van der Waals surface area (Å²) in [5, 5.41) is 11.0. The number of carbonyl (C=O) groups is 1. The van der Waals surface area contributed by atoms with Crippen LogP contribution in [0.25, 0.3) is 0 Å². The molecule has 1 aromatic carbocycles. The quantitative estimate of drug-likeness (QED) is 0.358. The first-order chi connectivity index (χ1) is 10.5. The highest BCUT2D eigenvalue weighted by Gasteiger charge is 2.26. The minimum Gasteiger partial charge on any atom is -0.434 e. The van der Waals surface area contributed by atoms with Gasteiger partial charge in [0.25, 0.3) is 5.69 Å². The van der Waals surface area contributed by atoms with Crippen molar-refractivity contribution in [2.45, 2.75) is 32.2 Å². The van der Waals surface area contributed by atoms with Gasteiger partial charge >= 0.3 is 6.16 Å². The highest BCUT2D eigenvalue weighted by Crippen LogP contribution is 2.37. The molecule has 2 rings (SSSR count). The lowest BCUT2D eigenvalue weighted by Crippen LogP contribution is -2.30. The van der Waals surface area contributed by atoms with E-state index >= 15 is 0 Å². The lowest BCUT2D eigenvalue weighted by atomic mass is 9.95. The van der Waals surface area contributed by atoms with Crippen LogP contribution in [0, 0.1) is 10.1 Å². The third-order valence-electron chi connectivity index (χ3n) is 3.79. The van der Waals surface area contributed by atoms with Crippen molar-refractivity contribution < 1.29 is 19.2 Å². The number of nitrogens with zero attached hydrogens (tertiary/aromatic N) is 2. The first kappa shape index (κ1) is 19.2. The number of nitro groups is 1. The molecule has 7 nitrogen and oxygen atoms in total. The molecule has 1 aliphatic heterocycles. The van der Waals surface area contributed by atoms with Crippen molar-refractivity contribution in [3.8, 4) is 5.75 Å². The van der Waals surface area contributed by atoms with Crippen molar-refractivity contribution in [1.29, 1.82) is 0 Å². The highest BCUT2D eigenvalue weighted by atomic mass is 35.5. The van der Waals surface area contributed by atoms with E-state index in [9.17, 15) is 14.9 Å². The van der Waals surface area contributed by atoms with Crippen molar-refractivity contribution in [2.75, 3.05) is 20.2 Å². The second kappa shape index (κ2) is 8.69. The summed E-state index contributed by atoms with van der Waals surface area (Å²) in [6.07, 6.45) is 2.21. The molecule has 8 heteroatoms. The van der Waals surface area contributed by atoms with E-state index in [4.69, 9.17) is 9.47 Å². The van der Waals surface area contributed by atoms with E-state index in [0.717, 1.165) is 25.8 Å². The van der Waals surface area contributed by atoms with Crippen molar-refractivity contribution >= 4 is 24.2 Å². The Balaban J connectivity index is 0.00000264. The standard InChI is InChI=1S/C15H20N2O5.ClH/c1-3-21-15(18)22-14-8-7-11(17(19)20)10-12(14)13-6-4-5-9-16(13)2;/h7-8,10,13H,3-6,9H2,1-2H3;1H. The van der Waals surface area contributed by atoms with E-state index in [1.165, 1.54) is 18.2 Å². The molecule has 0 spiro atoms. The van der Waals surface area contributed by atoms with Gasteiger partial charge in [0, 0.05) is 23.7 Å². The largest absolute Gasteiger partial charge is 0.513 e. The molecule has 0 bridgehead atoms. The molecular weight excluding hydrogens is 324 g/mol. The number of non-ortho nitro benzene ring substituents is 1. The lowest BCUT2D eigenvalue weighted by Gasteiger charge is -2.33. The number of hydrogen-bond acceptors (Lipinski definition) is 6. The molecule has 1 aliphatic rings. The second-order valence-electron chi connectivity index (χ2n) is 5.26. The summed E-state index contributed by atoms with van der Waals surface area (Å²) in [4.78, 5) is 24.3. The molecule has 0 aliphatic carbocycles. The average Bonchev–Trinajstić information content (AvgIpc) is 2.48. The van der Waals surface area contributed by atoms with Crippen LogP contribution >= 0.6 is 12.4 Å². The topological polar surface area (TPSA) is 81.9 Å². The van der Waals surface area contributed by atoms with E-state index in [1.54, 1.807) is 6.92 Å². The molecule has 0 amide bonds. The smallest absolute Gasteiger partial charge is 0.434 e. The zero-order valence-corrected chi connectivity index (χ0v) is 14.0. The molecule has 0 N–H and O–H groups in total. The monoisotopic (exact) mass is 344 g/mol. The maximum absolute atomic E-state index is 11.6. The summed E-state index contributed by atoms with van der Waals surface area (Å²) in [7, 11) is 1.97. The number of halogens is 1. The number of ether oxygens (including phenoxy) is 2. The molecule has 128 valence electrons. The minimum absolute atomic E-state index is 0. The molecule has 0 aromatic heterocycles. The molecule has 1 heterocycles. The Hall–Kier alpha value is -1.86. The lowest BCUT2D eigenvalue weighted by molar-refractivity contribution is -0.385. The Morgan fingerprint density at radius 3 is 2.78 bits per heavy atom. The number of rotatable bonds is 4. The zero-order valence-electron chi connectivity index (χ0n) is 13.2. The SMILES string of the molecule is CCOC(=O)Oc1ccc([N+](=O)[O-])cc1C1CCCCN1C.Cl. The van der Waals surface area contributed by atoms with Crippen molar-refractivity contribution in [3.63, 3.8) is 0 Å². The summed E-state index contributed by atoms with van der Waals surface area (Å²) in [6, 6.07) is 4.28. The van der Waals surface area contributed by atoms with Crippen LogP contribution in [0.3, 0.4) is 0 Å². The maximum Gasteiger partial charge on any atom is 0.513 e. The van der Waals surface area contributed by atoms with Crippen molar-refractivity contribution in [1.82, 2.24) is 4.90 Å². The summed E-state index contributed by atoms with van der Waals surface area (Å²) >= 11 is 0. The molecule has 1 atom stereocenters. The van der Waals surface area contributed by atoms with E-state index in [0.29, 0.717) is 11.3 Å². The van der Waals surface area contributed by atoms with Gasteiger partial charge in [-0.05, 0) is 39.4 Å². The molecule has 1 aromatic rings. The van der Waals surface area contributed by atoms with E-state index in [-0.39, 0.29) is 30.7 Å². The fraction of sp³-hybridized carbons (Fsp3) is 0.533. The third-order valence-corrected chi connectivity index (χ3v) is 3.79. The fourth-order valence-electron chi connectivity index (χ4n) is 2.71. The van der Waals surface area contributed by atoms with E-state index < -0.39 is 11.1 Å². The average molecular weight is 345 g/mol. The normalized spacial score (nSPS) is 17.9. The van der Waals surface area contributed by atoms with Crippen LogP contribution in [0.15, 0.2) is 18.2 Å². The predicted octanol–water partition coefficient (Wildman–Crippen LogP) is 3.71. The van der Waals surface area contributed by atoms with Gasteiger partial charge in [-0.15, -0.1) is 12.4 Å². The van der Waals surface area contributed by atoms with E-state index in [2.05, 4.69) is 4.90 Å². The second-order valence-corrected chi connectivity index (χ2v) is 5.26. The molecule has 0 radical (unpaired) electrons. The number of carbonyl (C=O) groups excluding carboxylic acids is 1. The van der Waals surface area contributed by atoms with Gasteiger partial charge in [0.2, 0.25) is 0 Å². The van der Waals surface area contributed by atoms with Crippen LogP contribution in [-0.4, -0.2) is 36.2 Å². The van der Waals surface area contributed by atoms with Gasteiger partial charge in [-0.3, -0.25) is 15.0 Å². The molecule has 0 saturated carbocycles. The molecule has 1 saturated heterocycles. The number of likely N-dealkylation sites (tertiary alicyclic amines) is 1. The summed E-state index contributed by atoms with van der Waals surface area (Å²) < 4.78 is 10.00. The summed E-state index contributed by atoms with van der Waals surface area (Å²) in [5.74, 6) is 0.322. The van der Waals surface area contributed by atoms with Crippen LogP contribution in [0.2, 0.25) is 0 Å². The van der Waals surface area contributed by atoms with Crippen LogP contribution in [0.4, 0.5) is 10.5 Å².